The lowest BCUT2D eigenvalue weighted by atomic mass is 9.98. The number of alkyl halides is 3. The fourth-order valence-corrected chi connectivity index (χ4v) is 4.72. The van der Waals surface area contributed by atoms with E-state index in [0.717, 1.165) is 59.9 Å². The lowest BCUT2D eigenvalue weighted by Crippen LogP contribution is -2.38. The lowest BCUT2D eigenvalue weighted by Gasteiger charge is -2.31. The van der Waals surface area contributed by atoms with Crippen LogP contribution in [0.1, 0.15) is 40.3 Å². The summed E-state index contributed by atoms with van der Waals surface area (Å²) in [7, 11) is 0. The van der Waals surface area contributed by atoms with Gasteiger partial charge in [-0.25, -0.2) is 19.8 Å². The summed E-state index contributed by atoms with van der Waals surface area (Å²) < 4.78 is 40.9. The van der Waals surface area contributed by atoms with Gasteiger partial charge in [-0.3, -0.25) is 0 Å². The molecule has 2 aromatic heterocycles. The molecule has 0 bridgehead atoms. The molecule has 4 aromatic rings. The molecule has 0 fully saturated rings. The minimum Gasteiger partial charge on any atom is -0.476 e. The van der Waals surface area contributed by atoms with Gasteiger partial charge in [-0.2, -0.15) is 13.2 Å². The van der Waals surface area contributed by atoms with Crippen molar-refractivity contribution in [3.05, 3.63) is 77.5 Å². The smallest absolute Gasteiger partial charge is 0.416 e. The van der Waals surface area contributed by atoms with Crippen molar-refractivity contribution in [3.63, 3.8) is 0 Å². The largest absolute Gasteiger partial charge is 0.476 e. The Morgan fingerprint density at radius 1 is 1.00 bits per heavy atom. The second-order valence-corrected chi connectivity index (χ2v) is 9.05. The average Bonchev–Trinajstić information content (AvgIpc) is 3.52. The molecule has 2 N–H and O–H groups in total. The number of H-pyrrole nitrogens is 1. The standard InChI is InChI=1S/C26H21F3N6O2/c27-26(28,29)18-6-7-19-20(11-18)33-24(32-19)16-3-1-15(2-4-16)17-5-8-22(30-12-17)35-10-9-34-13-21(25(36)37)31-23(34)14-35/h1-4,6-7,11-13H,5,8-10,14H2,(H,32,33)(H,36,37). The van der Waals surface area contributed by atoms with E-state index in [1.165, 1.54) is 6.07 Å². The molecule has 0 amide bonds. The van der Waals surface area contributed by atoms with E-state index < -0.39 is 17.7 Å². The number of imidazole rings is 2. The first kappa shape index (κ1) is 23.0. The second-order valence-electron chi connectivity index (χ2n) is 9.05. The Morgan fingerprint density at radius 2 is 1.78 bits per heavy atom. The molecule has 188 valence electrons. The predicted molar refractivity (Wildman–Crippen MR) is 131 cm³/mol. The summed E-state index contributed by atoms with van der Waals surface area (Å²) >= 11 is 0. The molecule has 6 rings (SSSR count). The van der Waals surface area contributed by atoms with E-state index in [1.54, 1.807) is 6.20 Å². The molecule has 0 spiro atoms. The first-order valence-electron chi connectivity index (χ1n) is 11.7. The van der Waals surface area contributed by atoms with Crippen LogP contribution in [0, 0.1) is 0 Å². The minimum absolute atomic E-state index is 0.0572. The quantitative estimate of drug-likeness (QED) is 0.398. The summed E-state index contributed by atoms with van der Waals surface area (Å²) in [6.45, 7) is 1.92. The van der Waals surface area contributed by atoms with E-state index in [-0.39, 0.29) is 11.2 Å². The van der Waals surface area contributed by atoms with Gasteiger partial charge in [0.05, 0.1) is 23.1 Å². The van der Waals surface area contributed by atoms with Crippen LogP contribution in [0.3, 0.4) is 0 Å². The number of hydrogen-bond acceptors (Lipinski definition) is 5. The number of hydrogen-bond donors (Lipinski definition) is 2. The molecule has 8 nitrogen and oxygen atoms in total. The van der Waals surface area contributed by atoms with E-state index in [1.807, 2.05) is 35.0 Å². The highest BCUT2D eigenvalue weighted by Crippen LogP contribution is 2.32. The highest BCUT2D eigenvalue weighted by molar-refractivity contribution is 5.88. The fraction of sp³-hybridized carbons (Fsp3) is 0.231. The van der Waals surface area contributed by atoms with Crippen LogP contribution in [-0.2, 0) is 19.3 Å². The van der Waals surface area contributed by atoms with Crippen molar-refractivity contribution in [2.45, 2.75) is 32.1 Å². The Kier molecular flexibility index (Phi) is 5.36. The molecule has 2 aliphatic rings. The Labute approximate surface area is 208 Å². The molecule has 2 aliphatic heterocycles. The predicted octanol–water partition coefficient (Wildman–Crippen LogP) is 5.19. The number of aromatic nitrogens is 4. The number of halogens is 3. The van der Waals surface area contributed by atoms with Gasteiger partial charge < -0.3 is 19.6 Å². The van der Waals surface area contributed by atoms with Crippen LogP contribution >= 0.6 is 0 Å². The van der Waals surface area contributed by atoms with E-state index in [4.69, 9.17) is 0 Å². The van der Waals surface area contributed by atoms with Gasteiger partial charge in [0.1, 0.15) is 17.5 Å². The SMILES string of the molecule is O=C(O)c1cn2c(n1)CN(C1=NC=C(c3ccc(-c4nc5cc(C(F)(F)F)ccc5[nH]4)cc3)CC1)CC2. The molecule has 0 aliphatic carbocycles. The number of aliphatic imine (C=N–C) groups is 1. The number of benzene rings is 2. The van der Waals surface area contributed by atoms with Gasteiger partial charge in [-0.1, -0.05) is 24.3 Å². The maximum absolute atomic E-state index is 13.0. The molecular weight excluding hydrogens is 485 g/mol. The summed E-state index contributed by atoms with van der Waals surface area (Å²) in [5, 5.41) is 9.17. The van der Waals surface area contributed by atoms with Gasteiger partial charge in [0, 0.05) is 37.5 Å². The van der Waals surface area contributed by atoms with Crippen molar-refractivity contribution in [1.82, 2.24) is 24.4 Å². The first-order chi connectivity index (χ1) is 17.7. The lowest BCUT2D eigenvalue weighted by molar-refractivity contribution is -0.137. The Hall–Kier alpha value is -4.41. The van der Waals surface area contributed by atoms with Crippen molar-refractivity contribution in [2.75, 3.05) is 6.54 Å². The summed E-state index contributed by atoms with van der Waals surface area (Å²) in [5.74, 6) is 1.15. The summed E-state index contributed by atoms with van der Waals surface area (Å²) in [6.07, 6.45) is 0.576. The van der Waals surface area contributed by atoms with Gasteiger partial charge >= 0.3 is 12.1 Å². The van der Waals surface area contributed by atoms with Crippen LogP contribution < -0.4 is 0 Å². The van der Waals surface area contributed by atoms with Crippen LogP contribution in [0.25, 0.3) is 28.0 Å². The zero-order valence-corrected chi connectivity index (χ0v) is 19.5. The molecule has 4 heterocycles. The number of nitrogens with zero attached hydrogens (tertiary/aromatic N) is 5. The third-order valence-electron chi connectivity index (χ3n) is 6.71. The molecule has 0 saturated heterocycles. The van der Waals surface area contributed by atoms with Crippen molar-refractivity contribution < 1.29 is 23.1 Å². The second kappa shape index (κ2) is 8.61. The summed E-state index contributed by atoms with van der Waals surface area (Å²) in [5.41, 5.74) is 3.02. The van der Waals surface area contributed by atoms with Crippen molar-refractivity contribution in [2.24, 2.45) is 4.99 Å². The van der Waals surface area contributed by atoms with Gasteiger partial charge in [0.2, 0.25) is 0 Å². The van der Waals surface area contributed by atoms with Crippen molar-refractivity contribution >= 4 is 28.4 Å². The van der Waals surface area contributed by atoms with E-state index in [9.17, 15) is 23.1 Å². The highest BCUT2D eigenvalue weighted by Gasteiger charge is 2.31. The molecular formula is C26H21F3N6O2. The Morgan fingerprint density at radius 3 is 2.49 bits per heavy atom. The zero-order valence-electron chi connectivity index (χ0n) is 19.5. The van der Waals surface area contributed by atoms with Crippen LogP contribution in [0.5, 0.6) is 0 Å². The number of allylic oxidation sites excluding steroid dienone is 1. The molecule has 11 heteroatoms. The average molecular weight is 506 g/mol. The van der Waals surface area contributed by atoms with Crippen LogP contribution in [0.15, 0.2) is 59.9 Å². The molecule has 2 aromatic carbocycles. The number of aromatic carboxylic acids is 1. The number of fused-ring (bicyclic) bond motifs is 2. The van der Waals surface area contributed by atoms with Gasteiger partial charge in [-0.05, 0) is 35.8 Å². The number of rotatable bonds is 3. The third kappa shape index (κ3) is 4.37. The number of carboxylic acid groups (broad SMARTS) is 1. The normalized spacial score (nSPS) is 15.9. The van der Waals surface area contributed by atoms with E-state index in [2.05, 4.69) is 24.8 Å². The summed E-state index contributed by atoms with van der Waals surface area (Å²) in [4.78, 5) is 29.7. The maximum Gasteiger partial charge on any atom is 0.416 e. The zero-order chi connectivity index (χ0) is 25.7. The monoisotopic (exact) mass is 506 g/mol. The Bertz CT molecular complexity index is 1580. The van der Waals surface area contributed by atoms with E-state index in [0.29, 0.717) is 24.4 Å². The molecule has 0 atom stereocenters. The number of amidine groups is 1. The molecule has 0 radical (unpaired) electrons. The topological polar surface area (TPSA) is 99.4 Å². The van der Waals surface area contributed by atoms with Crippen molar-refractivity contribution in [1.29, 1.82) is 0 Å². The maximum atomic E-state index is 13.0. The number of carbonyl (C=O) groups is 1. The fourth-order valence-electron chi connectivity index (χ4n) is 4.72. The Balaban J connectivity index is 1.18. The van der Waals surface area contributed by atoms with Gasteiger partial charge in [0.25, 0.3) is 0 Å². The number of aromatic amines is 1. The van der Waals surface area contributed by atoms with Crippen LogP contribution in [-0.4, -0.2) is 47.9 Å². The number of carboxylic acids is 1. The molecule has 37 heavy (non-hydrogen) atoms. The highest BCUT2D eigenvalue weighted by atomic mass is 19.4. The molecule has 0 unspecified atom stereocenters. The molecule has 0 saturated carbocycles. The minimum atomic E-state index is -4.41. The van der Waals surface area contributed by atoms with Crippen molar-refractivity contribution in [3.8, 4) is 11.4 Å². The first-order valence-corrected chi connectivity index (χ1v) is 11.7. The van der Waals surface area contributed by atoms with Crippen LogP contribution in [0.2, 0.25) is 0 Å². The number of nitrogens with one attached hydrogen (secondary N) is 1. The summed E-state index contributed by atoms with van der Waals surface area (Å²) in [6, 6.07) is 11.2. The van der Waals surface area contributed by atoms with Gasteiger partial charge in [-0.15, -0.1) is 0 Å². The van der Waals surface area contributed by atoms with Crippen LogP contribution in [0.4, 0.5) is 13.2 Å². The van der Waals surface area contributed by atoms with E-state index >= 15 is 0 Å². The van der Waals surface area contributed by atoms with Gasteiger partial charge in [0.15, 0.2) is 5.69 Å². The third-order valence-corrected chi connectivity index (χ3v) is 6.71.